The molecule has 2 amide bonds. The van der Waals surface area contributed by atoms with Crippen LogP contribution >= 0.6 is 35.0 Å². The largest absolute Gasteiger partial charge is 0.483 e. The Bertz CT molecular complexity index is 1620. The zero-order valence-electron chi connectivity index (χ0n) is 21.2. The Hall–Kier alpha value is -4.38. The number of hydrogen-bond acceptors (Lipinski definition) is 8. The summed E-state index contributed by atoms with van der Waals surface area (Å²) in [6.07, 6.45) is 8.05. The molecule has 0 radical (unpaired) electrons. The van der Waals surface area contributed by atoms with E-state index in [9.17, 15) is 9.59 Å². The number of pyridine rings is 1. The number of thioether (sulfide) groups is 1. The molecule has 3 heterocycles. The number of aromatic nitrogens is 1. The molecule has 0 spiro atoms. The summed E-state index contributed by atoms with van der Waals surface area (Å²) in [5.41, 5.74) is 1.87. The topological polar surface area (TPSA) is 109 Å². The molecule has 41 heavy (non-hydrogen) atoms. The number of halogens is 2. The summed E-state index contributed by atoms with van der Waals surface area (Å²) >= 11 is 13.3. The van der Waals surface area contributed by atoms with Gasteiger partial charge in [0.05, 0.1) is 23.9 Å². The average molecular weight is 606 g/mol. The van der Waals surface area contributed by atoms with E-state index in [-0.39, 0.29) is 25.0 Å². The van der Waals surface area contributed by atoms with Gasteiger partial charge in [-0.1, -0.05) is 29.3 Å². The molecular formula is C29H21Cl2N5O4S. The predicted molar refractivity (Wildman–Crippen MR) is 161 cm³/mol. The minimum atomic E-state index is -0.363. The molecule has 1 N–H and O–H groups in total. The minimum Gasteiger partial charge on any atom is -0.483 e. The van der Waals surface area contributed by atoms with Gasteiger partial charge in [-0.3, -0.25) is 19.5 Å². The Kier molecular flexibility index (Phi) is 9.15. The van der Waals surface area contributed by atoms with Crippen molar-refractivity contribution in [1.82, 2.24) is 9.88 Å². The van der Waals surface area contributed by atoms with Crippen LogP contribution in [0.1, 0.15) is 16.9 Å². The first-order valence-electron chi connectivity index (χ1n) is 12.2. The van der Waals surface area contributed by atoms with Gasteiger partial charge in [0.2, 0.25) is 0 Å². The summed E-state index contributed by atoms with van der Waals surface area (Å²) in [6.45, 7) is -0.0941. The van der Waals surface area contributed by atoms with E-state index in [0.29, 0.717) is 42.9 Å². The van der Waals surface area contributed by atoms with Crippen molar-refractivity contribution >= 4 is 69.9 Å². The summed E-state index contributed by atoms with van der Waals surface area (Å²) in [5, 5.41) is 12.6. The van der Waals surface area contributed by atoms with E-state index in [4.69, 9.17) is 32.4 Å². The van der Waals surface area contributed by atoms with E-state index in [1.54, 1.807) is 85.3 Å². The van der Waals surface area contributed by atoms with Gasteiger partial charge in [-0.05, 0) is 78.5 Å². The third kappa shape index (κ3) is 7.63. The second-order valence-electron chi connectivity index (χ2n) is 8.52. The molecule has 2 aromatic carbocycles. The summed E-state index contributed by atoms with van der Waals surface area (Å²) < 4.78 is 11.2. The Morgan fingerprint density at radius 3 is 2.68 bits per heavy atom. The van der Waals surface area contributed by atoms with Crippen molar-refractivity contribution in [1.29, 1.82) is 0 Å². The summed E-state index contributed by atoms with van der Waals surface area (Å²) in [7, 11) is 0. The van der Waals surface area contributed by atoms with Gasteiger partial charge in [0.25, 0.3) is 11.8 Å². The van der Waals surface area contributed by atoms with Crippen LogP contribution in [0.4, 0.5) is 5.69 Å². The van der Waals surface area contributed by atoms with E-state index in [0.717, 1.165) is 17.3 Å². The first kappa shape index (κ1) is 28.2. The van der Waals surface area contributed by atoms with E-state index < -0.39 is 0 Å². The number of anilines is 1. The molecule has 5 rings (SSSR count). The highest BCUT2D eigenvalue weighted by Gasteiger charge is 2.34. The summed E-state index contributed by atoms with van der Waals surface area (Å²) in [5.74, 6) is 0.299. The molecule has 0 unspecified atom stereocenters. The van der Waals surface area contributed by atoms with Gasteiger partial charge in [0, 0.05) is 39.3 Å². The van der Waals surface area contributed by atoms with Gasteiger partial charge in [-0.15, -0.1) is 5.10 Å². The second-order valence-corrected chi connectivity index (χ2v) is 10.4. The number of amides is 2. The lowest BCUT2D eigenvalue weighted by Crippen LogP contribution is -2.28. The maximum Gasteiger partial charge on any atom is 0.267 e. The van der Waals surface area contributed by atoms with Crippen LogP contribution < -0.4 is 10.1 Å². The number of nitrogens with one attached hydrogen (secondary N) is 1. The Morgan fingerprint density at radius 2 is 1.93 bits per heavy atom. The van der Waals surface area contributed by atoms with Gasteiger partial charge in [-0.25, -0.2) is 0 Å². The molecule has 1 fully saturated rings. The standard InChI is InChI=1S/C29H21Cl2N5O4S/c30-21-5-8-23(9-6-21)34-27(37)18-40-25-10-7-22(31)13-20(25)14-26-28(38)36(17-24-4-2-12-39-24)29(41-26)35-33-16-19-3-1-11-32-15-19/h1-16H,17-18H2,(H,34,37)/b26-14-,33-16+,35-29-. The van der Waals surface area contributed by atoms with E-state index in [2.05, 4.69) is 20.5 Å². The number of carbonyl (C=O) groups excluding carboxylic acids is 2. The van der Waals surface area contributed by atoms with Crippen molar-refractivity contribution in [2.75, 3.05) is 11.9 Å². The van der Waals surface area contributed by atoms with Crippen molar-refractivity contribution in [2.24, 2.45) is 10.2 Å². The van der Waals surface area contributed by atoms with Crippen molar-refractivity contribution < 1.29 is 18.7 Å². The first-order valence-corrected chi connectivity index (χ1v) is 13.7. The van der Waals surface area contributed by atoms with E-state index in [1.807, 2.05) is 6.07 Å². The normalized spacial score (nSPS) is 15.3. The fourth-order valence-corrected chi connectivity index (χ4v) is 4.89. The zero-order valence-corrected chi connectivity index (χ0v) is 23.6. The lowest BCUT2D eigenvalue weighted by atomic mass is 10.2. The molecule has 206 valence electrons. The third-order valence-corrected chi connectivity index (χ3v) is 7.05. The molecule has 4 aromatic rings. The lowest BCUT2D eigenvalue weighted by molar-refractivity contribution is -0.122. The minimum absolute atomic E-state index is 0.168. The second kappa shape index (κ2) is 13.3. The van der Waals surface area contributed by atoms with E-state index in [1.165, 1.54) is 11.2 Å². The van der Waals surface area contributed by atoms with Crippen LogP contribution in [0.5, 0.6) is 5.75 Å². The van der Waals surface area contributed by atoms with Crippen LogP contribution in [0.25, 0.3) is 6.08 Å². The van der Waals surface area contributed by atoms with Gasteiger partial charge >= 0.3 is 0 Å². The summed E-state index contributed by atoms with van der Waals surface area (Å²) in [6, 6.07) is 18.8. The number of benzene rings is 2. The molecule has 12 heteroatoms. The molecule has 9 nitrogen and oxygen atoms in total. The van der Waals surface area contributed by atoms with Crippen molar-refractivity contribution in [3.63, 3.8) is 0 Å². The number of ether oxygens (including phenoxy) is 1. The number of rotatable bonds is 9. The zero-order chi connectivity index (χ0) is 28.6. The highest BCUT2D eigenvalue weighted by Crippen LogP contribution is 2.36. The summed E-state index contributed by atoms with van der Waals surface area (Å²) in [4.78, 5) is 31.8. The van der Waals surface area contributed by atoms with Crippen LogP contribution in [-0.4, -0.2) is 39.7 Å². The molecule has 2 aromatic heterocycles. The number of amidine groups is 1. The van der Waals surface area contributed by atoms with Crippen molar-refractivity contribution in [2.45, 2.75) is 6.54 Å². The molecule has 1 aliphatic rings. The molecule has 1 aliphatic heterocycles. The maximum absolute atomic E-state index is 13.5. The van der Waals surface area contributed by atoms with E-state index >= 15 is 0 Å². The lowest BCUT2D eigenvalue weighted by Gasteiger charge is -2.13. The van der Waals surface area contributed by atoms with Crippen LogP contribution in [0, 0.1) is 0 Å². The van der Waals surface area contributed by atoms with Gasteiger partial charge in [-0.2, -0.15) is 5.10 Å². The Labute approximate surface area is 249 Å². The highest BCUT2D eigenvalue weighted by atomic mass is 35.5. The van der Waals surface area contributed by atoms with Crippen molar-refractivity contribution in [3.05, 3.63) is 117 Å². The molecule has 0 atom stereocenters. The fraction of sp³-hybridized carbons (Fsp3) is 0.0690. The highest BCUT2D eigenvalue weighted by molar-refractivity contribution is 8.18. The molecule has 0 saturated carbocycles. The SMILES string of the molecule is O=C(COc1ccc(Cl)cc1/C=C1\S/C(=N\N=C\c2cccnc2)N(Cc2ccco2)C1=O)Nc1ccc(Cl)cc1. The molecule has 0 bridgehead atoms. The average Bonchev–Trinajstić information content (AvgIpc) is 3.59. The third-order valence-electron chi connectivity index (χ3n) is 5.56. The molecule has 1 saturated heterocycles. The van der Waals surface area contributed by atoms with Crippen LogP contribution in [0.15, 0.2) is 105 Å². The first-order chi connectivity index (χ1) is 19.9. The van der Waals surface area contributed by atoms with Crippen LogP contribution in [0.3, 0.4) is 0 Å². The van der Waals surface area contributed by atoms with Gasteiger partial charge in [0.1, 0.15) is 11.5 Å². The smallest absolute Gasteiger partial charge is 0.267 e. The number of nitrogens with zero attached hydrogens (tertiary/aromatic N) is 4. The number of furan rings is 1. The number of carbonyl (C=O) groups is 2. The maximum atomic E-state index is 13.5. The Balaban J connectivity index is 1.36. The van der Waals surface area contributed by atoms with Crippen LogP contribution in [-0.2, 0) is 16.1 Å². The quantitative estimate of drug-likeness (QED) is 0.132. The van der Waals surface area contributed by atoms with Gasteiger partial charge in [0.15, 0.2) is 11.8 Å². The fourth-order valence-electron chi connectivity index (χ4n) is 3.66. The van der Waals surface area contributed by atoms with Crippen molar-refractivity contribution in [3.8, 4) is 5.75 Å². The predicted octanol–water partition coefficient (Wildman–Crippen LogP) is 6.51. The van der Waals surface area contributed by atoms with Gasteiger partial charge < -0.3 is 14.5 Å². The molecule has 0 aliphatic carbocycles. The monoisotopic (exact) mass is 605 g/mol. The Morgan fingerprint density at radius 1 is 1.10 bits per heavy atom. The van der Waals surface area contributed by atoms with Crippen LogP contribution in [0.2, 0.25) is 10.0 Å². The molecular weight excluding hydrogens is 585 g/mol. The number of hydrogen-bond donors (Lipinski definition) is 1.